The Morgan fingerprint density at radius 1 is 0.933 bits per heavy atom. The van der Waals surface area contributed by atoms with Crippen molar-refractivity contribution in [1.82, 2.24) is 0 Å². The van der Waals surface area contributed by atoms with Crippen molar-refractivity contribution in [2.75, 3.05) is 0 Å². The summed E-state index contributed by atoms with van der Waals surface area (Å²) in [6, 6.07) is 0. The minimum Gasteiger partial charge on any atom is -0.393 e. The molecule has 0 amide bonds. The van der Waals surface area contributed by atoms with Crippen molar-refractivity contribution in [3.8, 4) is 0 Å². The van der Waals surface area contributed by atoms with Crippen molar-refractivity contribution in [1.29, 1.82) is 0 Å². The van der Waals surface area contributed by atoms with E-state index in [2.05, 4.69) is 41.5 Å². The molecule has 0 aromatic rings. The molecule has 0 radical (unpaired) electrons. The normalized spacial score (nSPS) is 44.1. The molecule has 0 aliphatic heterocycles. The predicted octanol–water partition coefficient (Wildman–Crippen LogP) is 8.17. The molecule has 9 atom stereocenters. The van der Waals surface area contributed by atoms with Crippen molar-refractivity contribution in [2.24, 2.45) is 46.3 Å². The van der Waals surface area contributed by atoms with E-state index in [1.165, 1.54) is 64.2 Å². The summed E-state index contributed by atoms with van der Waals surface area (Å²) in [5.74, 6) is 5.10. The maximum absolute atomic E-state index is 10.3. The SMILES string of the molecule is CC[C@@H](C)[C@H](C)CC[C@@H](C)[C@H]1CCC2=C3CC[C@H]4C[C@@H](O)CC[C@]4(C)[C@H]3CC[C@@]21C. The van der Waals surface area contributed by atoms with Gasteiger partial charge in [-0.05, 0) is 104 Å². The summed E-state index contributed by atoms with van der Waals surface area (Å²) < 4.78 is 0. The molecule has 4 aliphatic carbocycles. The number of allylic oxidation sites excluding steroid dienone is 2. The summed E-state index contributed by atoms with van der Waals surface area (Å²) in [5, 5.41) is 10.3. The van der Waals surface area contributed by atoms with Gasteiger partial charge in [-0.1, -0.05) is 72.0 Å². The lowest BCUT2D eigenvalue weighted by atomic mass is 9.49. The summed E-state index contributed by atoms with van der Waals surface area (Å²) in [6.07, 6.45) is 15.9. The van der Waals surface area contributed by atoms with Crippen molar-refractivity contribution < 1.29 is 5.11 Å². The number of aliphatic hydroxyl groups is 1. The quantitative estimate of drug-likeness (QED) is 0.434. The Kier molecular flexibility index (Phi) is 6.53. The summed E-state index contributed by atoms with van der Waals surface area (Å²) >= 11 is 0. The minimum absolute atomic E-state index is 0.0272. The molecular weight excluding hydrogens is 364 g/mol. The van der Waals surface area contributed by atoms with Crippen LogP contribution in [0.4, 0.5) is 0 Å². The fourth-order valence-corrected chi connectivity index (χ4v) is 8.83. The highest BCUT2D eigenvalue weighted by molar-refractivity contribution is 5.34. The highest BCUT2D eigenvalue weighted by Gasteiger charge is 2.55. The van der Waals surface area contributed by atoms with Gasteiger partial charge in [-0.2, -0.15) is 0 Å². The van der Waals surface area contributed by atoms with E-state index in [0.29, 0.717) is 10.8 Å². The molecule has 4 aliphatic rings. The fraction of sp³-hybridized carbons (Fsp3) is 0.931. The van der Waals surface area contributed by atoms with Gasteiger partial charge in [0, 0.05) is 0 Å². The standard InChI is InChI=1S/C29H50O/c1-7-19(2)20(3)8-9-21(4)25-12-13-26-24-11-10-22-18-23(30)14-16-28(22,5)27(24)15-17-29(25,26)6/h19-23,25,27,30H,7-18H2,1-6H3/t19-,20-,21-,22+,23+,25-,27+,28+,29-/m1/s1. The number of rotatable bonds is 6. The highest BCUT2D eigenvalue weighted by atomic mass is 16.3. The van der Waals surface area contributed by atoms with Crippen molar-refractivity contribution >= 4 is 0 Å². The first kappa shape index (κ1) is 22.9. The van der Waals surface area contributed by atoms with Gasteiger partial charge in [0.2, 0.25) is 0 Å². The molecule has 0 heterocycles. The molecule has 1 N–H and O–H groups in total. The zero-order valence-electron chi connectivity index (χ0n) is 21.0. The first-order valence-corrected chi connectivity index (χ1v) is 13.6. The third-order valence-corrected chi connectivity index (χ3v) is 11.4. The predicted molar refractivity (Wildman–Crippen MR) is 128 cm³/mol. The molecule has 1 nitrogen and oxygen atoms in total. The van der Waals surface area contributed by atoms with Crippen molar-refractivity contribution in [2.45, 2.75) is 125 Å². The van der Waals surface area contributed by atoms with Gasteiger partial charge >= 0.3 is 0 Å². The van der Waals surface area contributed by atoms with Crippen LogP contribution in [-0.2, 0) is 0 Å². The topological polar surface area (TPSA) is 20.2 Å². The zero-order valence-corrected chi connectivity index (χ0v) is 21.0. The second kappa shape index (κ2) is 8.57. The van der Waals surface area contributed by atoms with Crippen molar-refractivity contribution in [3.63, 3.8) is 0 Å². The second-order valence-corrected chi connectivity index (χ2v) is 12.7. The first-order valence-electron chi connectivity index (χ1n) is 13.6. The lowest BCUT2D eigenvalue weighted by Gasteiger charge is -2.56. The Morgan fingerprint density at radius 2 is 1.70 bits per heavy atom. The van der Waals surface area contributed by atoms with E-state index in [4.69, 9.17) is 0 Å². The average Bonchev–Trinajstić information content (AvgIpc) is 3.09. The summed E-state index contributed by atoms with van der Waals surface area (Å²) in [5.41, 5.74) is 4.80. The Hall–Kier alpha value is -0.300. The van der Waals surface area contributed by atoms with Gasteiger partial charge in [-0.3, -0.25) is 0 Å². The maximum atomic E-state index is 10.3. The molecule has 30 heavy (non-hydrogen) atoms. The van der Waals surface area contributed by atoms with E-state index in [9.17, 15) is 5.11 Å². The van der Waals surface area contributed by atoms with E-state index < -0.39 is 0 Å². The monoisotopic (exact) mass is 414 g/mol. The van der Waals surface area contributed by atoms with Gasteiger partial charge in [0.15, 0.2) is 0 Å². The van der Waals surface area contributed by atoms with Gasteiger partial charge in [0.25, 0.3) is 0 Å². The molecule has 0 aromatic heterocycles. The fourth-order valence-electron chi connectivity index (χ4n) is 8.83. The van der Waals surface area contributed by atoms with Gasteiger partial charge in [0.1, 0.15) is 0 Å². The average molecular weight is 415 g/mol. The van der Waals surface area contributed by atoms with Crippen LogP contribution in [-0.4, -0.2) is 11.2 Å². The Balaban J connectivity index is 1.50. The molecule has 172 valence electrons. The molecule has 4 rings (SSSR count). The van der Waals surface area contributed by atoms with Crippen LogP contribution in [0.5, 0.6) is 0 Å². The maximum Gasteiger partial charge on any atom is 0.0543 e. The lowest BCUT2D eigenvalue weighted by molar-refractivity contribution is -0.0381. The molecule has 3 fully saturated rings. The van der Waals surface area contributed by atoms with E-state index in [1.807, 2.05) is 11.1 Å². The molecule has 0 unspecified atom stereocenters. The van der Waals surface area contributed by atoms with Gasteiger partial charge in [0.05, 0.1) is 6.10 Å². The third-order valence-electron chi connectivity index (χ3n) is 11.4. The molecule has 0 aromatic carbocycles. The number of hydrogen-bond acceptors (Lipinski definition) is 1. The number of hydrogen-bond donors (Lipinski definition) is 1. The van der Waals surface area contributed by atoms with Gasteiger partial charge in [-0.15, -0.1) is 0 Å². The molecule has 0 bridgehead atoms. The Bertz CT molecular complexity index is 649. The summed E-state index contributed by atoms with van der Waals surface area (Å²) in [7, 11) is 0. The number of fused-ring (bicyclic) bond motifs is 4. The lowest BCUT2D eigenvalue weighted by Crippen LogP contribution is -2.48. The molecule has 3 saturated carbocycles. The van der Waals surface area contributed by atoms with Crippen LogP contribution in [0, 0.1) is 46.3 Å². The van der Waals surface area contributed by atoms with Crippen LogP contribution in [0.2, 0.25) is 0 Å². The zero-order chi connectivity index (χ0) is 21.7. The van der Waals surface area contributed by atoms with Crippen LogP contribution in [0.15, 0.2) is 11.1 Å². The summed E-state index contributed by atoms with van der Waals surface area (Å²) in [4.78, 5) is 0. The van der Waals surface area contributed by atoms with Crippen LogP contribution in [0.1, 0.15) is 119 Å². The molecule has 0 spiro atoms. The van der Waals surface area contributed by atoms with Crippen molar-refractivity contribution in [3.05, 3.63) is 11.1 Å². The number of aliphatic hydroxyl groups excluding tert-OH is 1. The van der Waals surface area contributed by atoms with E-state index in [0.717, 1.165) is 48.3 Å². The van der Waals surface area contributed by atoms with E-state index in [1.54, 1.807) is 0 Å². The Morgan fingerprint density at radius 3 is 2.43 bits per heavy atom. The molecule has 0 saturated heterocycles. The van der Waals surface area contributed by atoms with Crippen LogP contribution >= 0.6 is 0 Å². The van der Waals surface area contributed by atoms with Crippen LogP contribution in [0.3, 0.4) is 0 Å². The van der Waals surface area contributed by atoms with E-state index >= 15 is 0 Å². The van der Waals surface area contributed by atoms with E-state index in [-0.39, 0.29) is 6.10 Å². The van der Waals surface area contributed by atoms with Gasteiger partial charge < -0.3 is 5.11 Å². The summed E-state index contributed by atoms with van der Waals surface area (Å²) in [6.45, 7) is 15.1. The van der Waals surface area contributed by atoms with Crippen LogP contribution < -0.4 is 0 Å². The third kappa shape index (κ3) is 3.74. The van der Waals surface area contributed by atoms with Crippen LogP contribution in [0.25, 0.3) is 0 Å². The molecular formula is C29H50O. The van der Waals surface area contributed by atoms with Gasteiger partial charge in [-0.25, -0.2) is 0 Å². The largest absolute Gasteiger partial charge is 0.393 e. The highest BCUT2D eigenvalue weighted by Crippen LogP contribution is 2.65. The smallest absolute Gasteiger partial charge is 0.0543 e. The first-order chi connectivity index (χ1) is 14.2. The minimum atomic E-state index is -0.0272. The molecule has 1 heteroatoms. The Labute approximate surface area is 187 Å². The second-order valence-electron chi connectivity index (χ2n) is 12.7.